The third kappa shape index (κ3) is 4.86. The van der Waals surface area contributed by atoms with E-state index in [1.165, 1.54) is 38.5 Å². The number of aromatic nitrogens is 1. The zero-order valence-electron chi connectivity index (χ0n) is 16.0. The van der Waals surface area contributed by atoms with E-state index in [0.29, 0.717) is 10.3 Å². The van der Waals surface area contributed by atoms with Gasteiger partial charge in [-0.05, 0) is 42.0 Å². The smallest absolute Gasteiger partial charge is 0.416 e. The van der Waals surface area contributed by atoms with Gasteiger partial charge >= 0.3 is 12.8 Å². The first kappa shape index (κ1) is 22.3. The molecule has 0 saturated heterocycles. The van der Waals surface area contributed by atoms with E-state index in [0.717, 1.165) is 23.5 Å². The molecule has 0 aliphatic carbocycles. The van der Waals surface area contributed by atoms with Crippen LogP contribution in [0.2, 0.25) is 0 Å². The van der Waals surface area contributed by atoms with Gasteiger partial charge in [-0.15, -0.1) is 11.3 Å². The first-order valence-electron chi connectivity index (χ1n) is 8.47. The maximum atomic E-state index is 12.9. The fraction of sp³-hybridized carbons (Fsp3) is 0.200. The summed E-state index contributed by atoms with van der Waals surface area (Å²) in [4.78, 5) is 4.14. The molecule has 3 aromatic rings. The second-order valence-corrected chi connectivity index (χ2v) is 7.03. The van der Waals surface area contributed by atoms with Crippen LogP contribution in [0.4, 0.5) is 22.0 Å². The van der Waals surface area contributed by atoms with Crippen LogP contribution in [0.1, 0.15) is 16.1 Å². The third-order valence-electron chi connectivity index (χ3n) is 4.07. The summed E-state index contributed by atoms with van der Waals surface area (Å²) < 4.78 is 79.2. The Morgan fingerprint density at radius 3 is 2.29 bits per heavy atom. The van der Waals surface area contributed by atoms with Gasteiger partial charge in [-0.3, -0.25) is 0 Å². The molecule has 31 heavy (non-hydrogen) atoms. The summed E-state index contributed by atoms with van der Waals surface area (Å²) in [5.41, 5.74) is -0.334. The predicted molar refractivity (Wildman–Crippen MR) is 104 cm³/mol. The highest BCUT2D eigenvalue weighted by molar-refractivity contribution is 7.19. The topological polar surface area (TPSA) is 64.4 Å². The summed E-state index contributed by atoms with van der Waals surface area (Å²) in [6, 6.07) is 7.80. The Labute approximate surface area is 176 Å². The molecule has 2 aromatic carbocycles. The van der Waals surface area contributed by atoms with Crippen molar-refractivity contribution in [1.29, 1.82) is 5.26 Å². The number of nitriles is 1. The molecular weight excluding hydrogens is 443 g/mol. The lowest BCUT2D eigenvalue weighted by Gasteiger charge is -2.14. The highest BCUT2D eigenvalue weighted by Crippen LogP contribution is 2.41. The van der Waals surface area contributed by atoms with Gasteiger partial charge in [0.2, 0.25) is 5.75 Å². The summed E-state index contributed by atoms with van der Waals surface area (Å²) in [5, 5.41) is 9.76. The molecule has 0 saturated carbocycles. The van der Waals surface area contributed by atoms with Crippen LogP contribution in [-0.4, -0.2) is 25.8 Å². The molecule has 1 aromatic heterocycles. The van der Waals surface area contributed by atoms with E-state index in [4.69, 9.17) is 9.47 Å². The molecule has 0 atom stereocenters. The zero-order valence-corrected chi connectivity index (χ0v) is 16.8. The number of benzene rings is 2. The van der Waals surface area contributed by atoms with Gasteiger partial charge in [-0.2, -0.15) is 27.2 Å². The lowest BCUT2D eigenvalue weighted by Crippen LogP contribution is -2.05. The van der Waals surface area contributed by atoms with Gasteiger partial charge < -0.3 is 14.2 Å². The van der Waals surface area contributed by atoms with E-state index in [1.54, 1.807) is 0 Å². The van der Waals surface area contributed by atoms with Crippen LogP contribution < -0.4 is 14.2 Å². The maximum Gasteiger partial charge on any atom is 0.416 e. The van der Waals surface area contributed by atoms with E-state index >= 15 is 0 Å². The number of thiazole rings is 1. The van der Waals surface area contributed by atoms with E-state index in [-0.39, 0.29) is 33.3 Å². The molecule has 0 amide bonds. The van der Waals surface area contributed by atoms with Crippen LogP contribution >= 0.6 is 11.3 Å². The van der Waals surface area contributed by atoms with Gasteiger partial charge in [0.05, 0.1) is 35.6 Å². The SMILES string of the molecule is COc1cc(/C=C(\C#N)c2nc3cc(C(F)(F)F)ccc3s2)cc(OC)c1OC(F)F. The van der Waals surface area contributed by atoms with Gasteiger partial charge in [0.1, 0.15) is 11.1 Å². The van der Waals surface area contributed by atoms with Crippen molar-refractivity contribution in [2.45, 2.75) is 12.8 Å². The summed E-state index contributed by atoms with van der Waals surface area (Å²) in [6.07, 6.45) is -3.12. The average molecular weight is 456 g/mol. The standard InChI is InChI=1S/C20H13F5N2O3S/c1-28-14-6-10(7-15(29-2)17(14)30-19(21)22)5-11(9-26)18-27-13-8-12(20(23,24)25)3-4-16(13)31-18/h3-8,19H,1-2H3/b11-5+. The van der Waals surface area contributed by atoms with Crippen molar-refractivity contribution in [3.8, 4) is 23.3 Å². The first-order chi connectivity index (χ1) is 14.7. The predicted octanol–water partition coefficient (Wildman–Crippen LogP) is 6.00. The number of halogens is 5. The molecule has 5 nitrogen and oxygen atoms in total. The molecule has 0 spiro atoms. The molecule has 0 N–H and O–H groups in total. The average Bonchev–Trinajstić information content (AvgIpc) is 3.14. The van der Waals surface area contributed by atoms with Crippen LogP contribution in [0.15, 0.2) is 30.3 Å². The van der Waals surface area contributed by atoms with E-state index in [9.17, 15) is 27.2 Å². The van der Waals surface area contributed by atoms with E-state index in [2.05, 4.69) is 9.72 Å². The highest BCUT2D eigenvalue weighted by Gasteiger charge is 2.31. The van der Waals surface area contributed by atoms with Crippen LogP contribution in [0.5, 0.6) is 17.2 Å². The van der Waals surface area contributed by atoms with E-state index < -0.39 is 18.4 Å². The van der Waals surface area contributed by atoms with Crippen molar-refractivity contribution in [3.05, 3.63) is 46.5 Å². The van der Waals surface area contributed by atoms with Gasteiger partial charge in [0, 0.05) is 0 Å². The number of allylic oxidation sites excluding steroid dienone is 1. The summed E-state index contributed by atoms with van der Waals surface area (Å²) in [7, 11) is 2.50. The van der Waals surface area contributed by atoms with Crippen molar-refractivity contribution in [1.82, 2.24) is 4.98 Å². The van der Waals surface area contributed by atoms with Crippen LogP contribution in [0.3, 0.4) is 0 Å². The second-order valence-electron chi connectivity index (χ2n) is 6.00. The monoisotopic (exact) mass is 456 g/mol. The van der Waals surface area contributed by atoms with Crippen molar-refractivity contribution in [3.63, 3.8) is 0 Å². The lowest BCUT2D eigenvalue weighted by atomic mass is 10.1. The maximum absolute atomic E-state index is 12.9. The molecule has 1 heterocycles. The molecule has 11 heteroatoms. The number of rotatable bonds is 6. The minimum absolute atomic E-state index is 0.0534. The van der Waals surface area contributed by atoms with Crippen molar-refractivity contribution < 1.29 is 36.2 Å². The molecule has 3 rings (SSSR count). The molecule has 0 aliphatic heterocycles. The van der Waals surface area contributed by atoms with Gasteiger partial charge in [0.25, 0.3) is 0 Å². The Morgan fingerprint density at radius 2 is 1.77 bits per heavy atom. The molecule has 0 aliphatic rings. The Bertz CT molecular complexity index is 1160. The largest absolute Gasteiger partial charge is 0.493 e. The Hall–Kier alpha value is -3.39. The number of ether oxygens (including phenoxy) is 3. The van der Waals surface area contributed by atoms with Crippen LogP contribution in [0, 0.1) is 11.3 Å². The number of hydrogen-bond acceptors (Lipinski definition) is 6. The van der Waals surface area contributed by atoms with E-state index in [1.807, 2.05) is 6.07 Å². The Morgan fingerprint density at radius 1 is 1.13 bits per heavy atom. The van der Waals surface area contributed by atoms with Gasteiger partial charge in [-0.1, -0.05) is 0 Å². The first-order valence-corrected chi connectivity index (χ1v) is 9.28. The van der Waals surface area contributed by atoms with Gasteiger partial charge in [-0.25, -0.2) is 4.98 Å². The molecule has 0 bridgehead atoms. The minimum atomic E-state index is -4.51. The zero-order chi connectivity index (χ0) is 22.8. The number of alkyl halides is 5. The summed E-state index contributed by atoms with van der Waals surface area (Å²) in [5.74, 6) is -0.417. The molecule has 0 unspecified atom stereocenters. The van der Waals surface area contributed by atoms with Crippen molar-refractivity contribution in [2.75, 3.05) is 14.2 Å². The van der Waals surface area contributed by atoms with Crippen LogP contribution in [0.25, 0.3) is 21.9 Å². The normalized spacial score (nSPS) is 12.2. The van der Waals surface area contributed by atoms with Crippen molar-refractivity contribution in [2.24, 2.45) is 0 Å². The van der Waals surface area contributed by atoms with Crippen LogP contribution in [-0.2, 0) is 6.18 Å². The Kier molecular flexibility index (Phi) is 6.31. The van der Waals surface area contributed by atoms with Gasteiger partial charge in [0.15, 0.2) is 11.5 Å². The highest BCUT2D eigenvalue weighted by atomic mass is 32.1. The summed E-state index contributed by atoms with van der Waals surface area (Å²) in [6.45, 7) is -3.11. The number of hydrogen-bond donors (Lipinski definition) is 0. The minimum Gasteiger partial charge on any atom is -0.493 e. The number of fused-ring (bicyclic) bond motifs is 1. The Balaban J connectivity index is 2.06. The molecular formula is C20H13F5N2O3S. The molecule has 0 fully saturated rings. The fourth-order valence-electron chi connectivity index (χ4n) is 2.72. The van der Waals surface area contributed by atoms with Crippen molar-refractivity contribution >= 4 is 33.2 Å². The molecule has 162 valence electrons. The lowest BCUT2D eigenvalue weighted by molar-refractivity contribution is -0.137. The third-order valence-corrected chi connectivity index (χ3v) is 5.14. The number of methoxy groups -OCH3 is 2. The fourth-order valence-corrected chi connectivity index (χ4v) is 3.63. The number of nitrogens with zero attached hydrogens (tertiary/aromatic N) is 2. The quantitative estimate of drug-likeness (QED) is 0.336. The summed E-state index contributed by atoms with van der Waals surface area (Å²) >= 11 is 1.04. The second kappa shape index (κ2) is 8.77. The molecule has 0 radical (unpaired) electrons.